The normalized spacial score (nSPS) is 12.5. The maximum Gasteiger partial charge on any atom is 0.416 e. The van der Waals surface area contributed by atoms with Gasteiger partial charge < -0.3 is 0 Å². The monoisotopic (exact) mass is 456 g/mol. The van der Waals surface area contributed by atoms with E-state index in [4.69, 9.17) is 4.84 Å². The second-order valence-corrected chi connectivity index (χ2v) is 7.81. The molecule has 0 bridgehead atoms. The summed E-state index contributed by atoms with van der Waals surface area (Å²) in [5.41, 5.74) is 1.97. The third-order valence-electron chi connectivity index (χ3n) is 5.48. The van der Waals surface area contributed by atoms with Crippen molar-refractivity contribution in [3.8, 4) is 0 Å². The fraction of sp³-hybridized carbons (Fsp3) is 0.269. The molecule has 0 saturated carbocycles. The summed E-state index contributed by atoms with van der Waals surface area (Å²) in [6, 6.07) is 23.8. The van der Waals surface area contributed by atoms with Crippen LogP contribution < -0.4 is 0 Å². The molecule has 0 saturated heterocycles. The van der Waals surface area contributed by atoms with Crippen molar-refractivity contribution >= 4 is 5.91 Å². The molecule has 0 aliphatic rings. The highest BCUT2D eigenvalue weighted by atomic mass is 19.4. The Labute approximate surface area is 192 Å². The van der Waals surface area contributed by atoms with Gasteiger partial charge in [-0.15, -0.1) is 0 Å². The van der Waals surface area contributed by atoms with Gasteiger partial charge >= 0.3 is 6.18 Å². The van der Waals surface area contributed by atoms with E-state index in [0.29, 0.717) is 18.7 Å². The largest absolute Gasteiger partial charge is 0.416 e. The molecule has 3 aromatic carbocycles. The van der Waals surface area contributed by atoms with Crippen LogP contribution in [0, 0.1) is 0 Å². The molecule has 0 aromatic heterocycles. The summed E-state index contributed by atoms with van der Waals surface area (Å²) >= 11 is 0. The number of halogens is 3. The number of likely N-dealkylation sites (N-methyl/N-ethyl adjacent to an activating group) is 1. The molecule has 0 aliphatic heterocycles. The Morgan fingerprint density at radius 2 is 1.30 bits per heavy atom. The first kappa shape index (κ1) is 24.5. The molecule has 0 heterocycles. The Morgan fingerprint density at radius 1 is 0.818 bits per heavy atom. The molecule has 1 amide bonds. The Hall–Kier alpha value is -3.16. The van der Waals surface area contributed by atoms with Crippen LogP contribution in [0.5, 0.6) is 0 Å². The van der Waals surface area contributed by atoms with Gasteiger partial charge in [0.15, 0.2) is 0 Å². The van der Waals surface area contributed by atoms with Gasteiger partial charge in [-0.05, 0) is 35.2 Å². The summed E-state index contributed by atoms with van der Waals surface area (Å²) in [6.45, 7) is 0.981. The van der Waals surface area contributed by atoms with Crippen LogP contribution in [0.25, 0.3) is 0 Å². The van der Waals surface area contributed by atoms with Crippen LogP contribution in [0.2, 0.25) is 0 Å². The van der Waals surface area contributed by atoms with Gasteiger partial charge in [0.25, 0.3) is 5.91 Å². The lowest BCUT2D eigenvalue weighted by molar-refractivity contribution is -0.175. The molecule has 3 rings (SSSR count). The second kappa shape index (κ2) is 11.1. The standard InChI is InChI=1S/C26H27F3N2O2/c1-30(33-2)25(32)24(17-20-13-15-23(16-14-20)26(27,28)29)31(18-21-9-5-3-6-10-21)19-22-11-7-4-8-12-22/h3-16,24H,17-19H2,1-2H3. The molecule has 1 unspecified atom stereocenters. The highest BCUT2D eigenvalue weighted by Gasteiger charge is 2.32. The summed E-state index contributed by atoms with van der Waals surface area (Å²) in [5, 5.41) is 1.16. The van der Waals surface area contributed by atoms with E-state index >= 15 is 0 Å². The van der Waals surface area contributed by atoms with Crippen molar-refractivity contribution in [2.45, 2.75) is 31.7 Å². The van der Waals surface area contributed by atoms with E-state index in [1.165, 1.54) is 26.3 Å². The minimum atomic E-state index is -4.41. The summed E-state index contributed by atoms with van der Waals surface area (Å²) in [5.74, 6) is -0.274. The zero-order valence-electron chi connectivity index (χ0n) is 18.6. The van der Waals surface area contributed by atoms with Crippen LogP contribution in [0.15, 0.2) is 84.9 Å². The summed E-state index contributed by atoms with van der Waals surface area (Å²) in [7, 11) is 2.94. The molecule has 3 aromatic rings. The van der Waals surface area contributed by atoms with Gasteiger partial charge in [-0.25, -0.2) is 5.06 Å². The van der Waals surface area contributed by atoms with Crippen molar-refractivity contribution in [3.63, 3.8) is 0 Å². The molecule has 0 fully saturated rings. The van der Waals surface area contributed by atoms with Crippen molar-refractivity contribution in [1.29, 1.82) is 0 Å². The van der Waals surface area contributed by atoms with Gasteiger partial charge in [0.2, 0.25) is 0 Å². The van der Waals surface area contributed by atoms with E-state index < -0.39 is 17.8 Å². The third-order valence-corrected chi connectivity index (χ3v) is 5.48. The lowest BCUT2D eigenvalue weighted by Gasteiger charge is -2.33. The van der Waals surface area contributed by atoms with Crippen molar-refractivity contribution in [2.24, 2.45) is 0 Å². The molecule has 0 aliphatic carbocycles. The van der Waals surface area contributed by atoms with Crippen LogP contribution in [0.3, 0.4) is 0 Å². The van der Waals surface area contributed by atoms with E-state index in [2.05, 4.69) is 0 Å². The number of carbonyl (C=O) groups is 1. The predicted molar refractivity (Wildman–Crippen MR) is 121 cm³/mol. The van der Waals surface area contributed by atoms with E-state index in [9.17, 15) is 18.0 Å². The topological polar surface area (TPSA) is 32.8 Å². The number of alkyl halides is 3. The number of hydrogen-bond acceptors (Lipinski definition) is 3. The fourth-order valence-corrected chi connectivity index (χ4v) is 3.64. The molecule has 174 valence electrons. The minimum Gasteiger partial charge on any atom is -0.283 e. The Morgan fingerprint density at radius 3 is 1.73 bits per heavy atom. The number of benzene rings is 3. The van der Waals surface area contributed by atoms with Crippen molar-refractivity contribution in [2.75, 3.05) is 14.2 Å². The Balaban J connectivity index is 1.94. The van der Waals surface area contributed by atoms with E-state index in [1.54, 1.807) is 0 Å². The van der Waals surface area contributed by atoms with E-state index in [1.807, 2.05) is 65.6 Å². The highest BCUT2D eigenvalue weighted by Crippen LogP contribution is 2.29. The molecule has 33 heavy (non-hydrogen) atoms. The van der Waals surface area contributed by atoms with Crippen LogP contribution in [-0.2, 0) is 35.3 Å². The lowest BCUT2D eigenvalue weighted by atomic mass is 10.0. The number of rotatable bonds is 9. The molecular weight excluding hydrogens is 429 g/mol. The van der Waals surface area contributed by atoms with Gasteiger partial charge in [-0.3, -0.25) is 14.5 Å². The smallest absolute Gasteiger partial charge is 0.283 e. The van der Waals surface area contributed by atoms with E-state index in [-0.39, 0.29) is 12.3 Å². The Bertz CT molecular complexity index is 968. The zero-order valence-corrected chi connectivity index (χ0v) is 18.6. The SMILES string of the molecule is CON(C)C(=O)C(Cc1ccc(C(F)(F)F)cc1)N(Cc1ccccc1)Cc1ccccc1. The number of hydroxylamine groups is 2. The number of nitrogens with zero attached hydrogens (tertiary/aromatic N) is 2. The second-order valence-electron chi connectivity index (χ2n) is 7.81. The first-order valence-electron chi connectivity index (χ1n) is 10.6. The highest BCUT2D eigenvalue weighted by molar-refractivity contribution is 5.81. The van der Waals surface area contributed by atoms with Crippen LogP contribution in [-0.4, -0.2) is 36.1 Å². The van der Waals surface area contributed by atoms with E-state index in [0.717, 1.165) is 28.3 Å². The molecule has 7 heteroatoms. The maximum atomic E-state index is 13.3. The van der Waals surface area contributed by atoms with Gasteiger partial charge in [-0.2, -0.15) is 13.2 Å². The maximum absolute atomic E-state index is 13.3. The fourth-order valence-electron chi connectivity index (χ4n) is 3.64. The molecular formula is C26H27F3N2O2. The number of hydrogen-bond donors (Lipinski definition) is 0. The van der Waals surface area contributed by atoms with Crippen molar-refractivity contribution < 1.29 is 22.8 Å². The van der Waals surface area contributed by atoms with Crippen molar-refractivity contribution in [3.05, 3.63) is 107 Å². The zero-order chi connectivity index (χ0) is 23.8. The van der Waals surface area contributed by atoms with Gasteiger partial charge in [0.1, 0.15) is 0 Å². The van der Waals surface area contributed by atoms with Gasteiger partial charge in [0, 0.05) is 20.1 Å². The molecule has 0 N–H and O–H groups in total. The van der Waals surface area contributed by atoms with Crippen LogP contribution in [0.4, 0.5) is 13.2 Å². The lowest BCUT2D eigenvalue weighted by Crippen LogP contribution is -2.48. The average Bonchev–Trinajstić information content (AvgIpc) is 2.82. The van der Waals surface area contributed by atoms with Gasteiger partial charge in [-0.1, -0.05) is 72.8 Å². The third kappa shape index (κ3) is 6.91. The van der Waals surface area contributed by atoms with Crippen LogP contribution >= 0.6 is 0 Å². The first-order chi connectivity index (χ1) is 15.8. The summed E-state index contributed by atoms with van der Waals surface area (Å²) in [6.07, 6.45) is -4.17. The predicted octanol–water partition coefficient (Wildman–Crippen LogP) is 5.34. The van der Waals surface area contributed by atoms with Crippen molar-refractivity contribution in [1.82, 2.24) is 9.96 Å². The molecule has 4 nitrogen and oxygen atoms in total. The van der Waals surface area contributed by atoms with Crippen LogP contribution in [0.1, 0.15) is 22.3 Å². The number of amides is 1. The quantitative estimate of drug-likeness (QED) is 0.408. The Kier molecular flexibility index (Phi) is 8.25. The summed E-state index contributed by atoms with van der Waals surface area (Å²) in [4.78, 5) is 20.5. The number of carbonyl (C=O) groups excluding carboxylic acids is 1. The van der Waals surface area contributed by atoms with Gasteiger partial charge in [0.05, 0.1) is 18.7 Å². The molecule has 1 atom stereocenters. The minimum absolute atomic E-state index is 0.240. The first-order valence-corrected chi connectivity index (χ1v) is 10.6. The summed E-state index contributed by atoms with van der Waals surface area (Å²) < 4.78 is 39.0. The average molecular weight is 457 g/mol. The molecule has 0 radical (unpaired) electrons. The molecule has 0 spiro atoms.